The Morgan fingerprint density at radius 3 is 2.67 bits per heavy atom. The first kappa shape index (κ1) is 10.5. The van der Waals surface area contributed by atoms with Crippen LogP contribution in [-0.2, 0) is 0 Å². The Labute approximate surface area is 98.4 Å². The molecule has 0 unspecified atom stereocenters. The third-order valence-corrected chi connectivity index (χ3v) is 3.73. The summed E-state index contributed by atoms with van der Waals surface area (Å²) in [5.41, 5.74) is 5.74. The van der Waals surface area contributed by atoms with Crippen LogP contribution in [-0.4, -0.2) is 4.92 Å². The van der Waals surface area contributed by atoms with Crippen LogP contribution in [0.4, 0.5) is 10.7 Å². The highest BCUT2D eigenvalue weighted by Gasteiger charge is 2.20. The van der Waals surface area contributed by atoms with Crippen molar-refractivity contribution in [2.24, 2.45) is 0 Å². The molecular weight excluding hydrogens is 259 g/mol. The highest BCUT2D eigenvalue weighted by molar-refractivity contribution is 7.23. The standard InChI is InChI=1S/C8H4Cl2N2O2S/c9-3-1-4-6(11)8(12(13)14)15-7(4)5(10)2-3/h1-2H,11H2. The SMILES string of the molecule is Nc1c([N+](=O)[O-])sc2c(Cl)cc(Cl)cc12. The molecule has 0 amide bonds. The van der Waals surface area contributed by atoms with Crippen LogP contribution in [0.3, 0.4) is 0 Å². The molecule has 15 heavy (non-hydrogen) atoms. The van der Waals surface area contributed by atoms with Crippen LogP contribution >= 0.6 is 34.5 Å². The van der Waals surface area contributed by atoms with E-state index in [1.165, 1.54) is 6.07 Å². The highest BCUT2D eigenvalue weighted by atomic mass is 35.5. The second kappa shape index (κ2) is 3.52. The zero-order chi connectivity index (χ0) is 11.2. The topological polar surface area (TPSA) is 69.2 Å². The second-order valence-electron chi connectivity index (χ2n) is 2.84. The molecule has 0 radical (unpaired) electrons. The van der Waals surface area contributed by atoms with Crippen molar-refractivity contribution in [3.8, 4) is 0 Å². The number of rotatable bonds is 1. The molecule has 0 bridgehead atoms. The molecular formula is C8H4Cl2N2O2S. The molecule has 4 nitrogen and oxygen atoms in total. The van der Waals surface area contributed by atoms with Gasteiger partial charge in [-0.2, -0.15) is 0 Å². The average molecular weight is 263 g/mol. The van der Waals surface area contributed by atoms with Gasteiger partial charge in [0, 0.05) is 10.4 Å². The third kappa shape index (κ3) is 1.62. The molecule has 1 heterocycles. The zero-order valence-corrected chi connectivity index (χ0v) is 9.49. The first-order valence-electron chi connectivity index (χ1n) is 3.82. The number of nitrogens with zero attached hydrogens (tertiary/aromatic N) is 1. The number of nitro groups is 1. The van der Waals surface area contributed by atoms with Gasteiger partial charge in [0.2, 0.25) is 0 Å². The van der Waals surface area contributed by atoms with Gasteiger partial charge in [0.15, 0.2) is 0 Å². The summed E-state index contributed by atoms with van der Waals surface area (Å²) >= 11 is 12.6. The monoisotopic (exact) mass is 262 g/mol. The summed E-state index contributed by atoms with van der Waals surface area (Å²) in [6, 6.07) is 3.10. The summed E-state index contributed by atoms with van der Waals surface area (Å²) in [5, 5.41) is 11.9. The number of thiophene rings is 1. The molecule has 2 N–H and O–H groups in total. The second-order valence-corrected chi connectivity index (χ2v) is 4.69. The van der Waals surface area contributed by atoms with E-state index in [1.54, 1.807) is 6.07 Å². The van der Waals surface area contributed by atoms with Gasteiger partial charge < -0.3 is 5.73 Å². The van der Waals surface area contributed by atoms with Gasteiger partial charge in [0.05, 0.1) is 14.6 Å². The molecule has 78 valence electrons. The van der Waals surface area contributed by atoms with E-state index in [4.69, 9.17) is 28.9 Å². The van der Waals surface area contributed by atoms with Crippen molar-refractivity contribution in [2.45, 2.75) is 0 Å². The molecule has 0 aliphatic carbocycles. The Morgan fingerprint density at radius 1 is 1.40 bits per heavy atom. The minimum absolute atomic E-state index is 0.103. The van der Waals surface area contributed by atoms with Crippen LogP contribution < -0.4 is 5.73 Å². The molecule has 0 spiro atoms. The maximum absolute atomic E-state index is 10.6. The summed E-state index contributed by atoms with van der Waals surface area (Å²) in [5.74, 6) is 0. The lowest BCUT2D eigenvalue weighted by atomic mass is 10.2. The first-order chi connectivity index (χ1) is 7.00. The summed E-state index contributed by atoms with van der Waals surface area (Å²) in [6.07, 6.45) is 0. The van der Waals surface area contributed by atoms with Crippen LogP contribution in [0.15, 0.2) is 12.1 Å². The van der Waals surface area contributed by atoms with Crippen molar-refractivity contribution >= 4 is 55.3 Å². The van der Waals surface area contributed by atoms with Crippen LogP contribution in [0.1, 0.15) is 0 Å². The number of nitrogens with two attached hydrogens (primary N) is 1. The average Bonchev–Trinajstić information content (AvgIpc) is 2.44. The zero-order valence-electron chi connectivity index (χ0n) is 7.16. The Balaban J connectivity index is 2.88. The lowest BCUT2D eigenvalue weighted by molar-refractivity contribution is -0.379. The summed E-state index contributed by atoms with van der Waals surface area (Å²) < 4.78 is 0.588. The van der Waals surface area contributed by atoms with Crippen LogP contribution in [0.25, 0.3) is 10.1 Å². The van der Waals surface area contributed by atoms with Gasteiger partial charge in [0.1, 0.15) is 5.69 Å². The lowest BCUT2D eigenvalue weighted by Crippen LogP contribution is -1.90. The van der Waals surface area contributed by atoms with E-state index in [-0.39, 0.29) is 10.7 Å². The van der Waals surface area contributed by atoms with Gasteiger partial charge in [-0.25, -0.2) is 0 Å². The molecule has 7 heteroatoms. The van der Waals surface area contributed by atoms with Crippen LogP contribution in [0.5, 0.6) is 0 Å². The fourth-order valence-electron chi connectivity index (χ4n) is 1.27. The Bertz CT molecular complexity index is 567. The van der Waals surface area contributed by atoms with Crippen molar-refractivity contribution in [1.29, 1.82) is 0 Å². The number of hydrogen-bond acceptors (Lipinski definition) is 4. The van der Waals surface area contributed by atoms with Gasteiger partial charge in [-0.05, 0) is 12.1 Å². The van der Waals surface area contributed by atoms with Crippen molar-refractivity contribution in [2.75, 3.05) is 5.73 Å². The van der Waals surface area contributed by atoms with E-state index in [0.29, 0.717) is 20.1 Å². The van der Waals surface area contributed by atoms with E-state index >= 15 is 0 Å². The first-order valence-corrected chi connectivity index (χ1v) is 5.39. The quantitative estimate of drug-likeness (QED) is 0.630. The molecule has 0 fully saturated rings. The number of nitrogen functional groups attached to an aromatic ring is 1. The van der Waals surface area contributed by atoms with Gasteiger partial charge in [-0.15, -0.1) is 0 Å². The fourth-order valence-corrected chi connectivity index (χ4v) is 2.80. The minimum atomic E-state index is -0.524. The molecule has 0 saturated carbocycles. The summed E-state index contributed by atoms with van der Waals surface area (Å²) in [6.45, 7) is 0. The Hall–Kier alpha value is -1.04. The molecule has 2 rings (SSSR count). The molecule has 2 aromatic rings. The fraction of sp³-hybridized carbons (Fsp3) is 0. The maximum Gasteiger partial charge on any atom is 0.348 e. The summed E-state index contributed by atoms with van der Waals surface area (Å²) in [7, 11) is 0. The Morgan fingerprint density at radius 2 is 2.07 bits per heavy atom. The molecule has 0 atom stereocenters. The Kier molecular flexibility index (Phi) is 2.46. The lowest BCUT2D eigenvalue weighted by Gasteiger charge is -1.94. The highest BCUT2D eigenvalue weighted by Crippen LogP contribution is 2.43. The molecule has 0 aliphatic rings. The number of halogens is 2. The third-order valence-electron chi connectivity index (χ3n) is 1.89. The van der Waals surface area contributed by atoms with E-state index in [1.807, 2.05) is 0 Å². The van der Waals surface area contributed by atoms with Crippen molar-refractivity contribution < 1.29 is 4.92 Å². The van der Waals surface area contributed by atoms with Crippen LogP contribution in [0.2, 0.25) is 10.0 Å². The van der Waals surface area contributed by atoms with Gasteiger partial charge in [-0.3, -0.25) is 10.1 Å². The predicted octanol–water partition coefficient (Wildman–Crippen LogP) is 3.70. The van der Waals surface area contributed by atoms with E-state index in [0.717, 1.165) is 11.3 Å². The minimum Gasteiger partial charge on any atom is -0.392 e. The van der Waals surface area contributed by atoms with E-state index < -0.39 is 4.92 Å². The summed E-state index contributed by atoms with van der Waals surface area (Å²) in [4.78, 5) is 10.1. The van der Waals surface area contributed by atoms with E-state index in [2.05, 4.69) is 0 Å². The number of fused-ring (bicyclic) bond motifs is 1. The molecule has 0 saturated heterocycles. The number of benzene rings is 1. The largest absolute Gasteiger partial charge is 0.392 e. The number of anilines is 1. The van der Waals surface area contributed by atoms with Gasteiger partial charge >= 0.3 is 5.00 Å². The van der Waals surface area contributed by atoms with Crippen molar-refractivity contribution in [1.82, 2.24) is 0 Å². The van der Waals surface area contributed by atoms with Gasteiger partial charge in [-0.1, -0.05) is 34.5 Å². The smallest absolute Gasteiger partial charge is 0.348 e. The van der Waals surface area contributed by atoms with Crippen LogP contribution in [0, 0.1) is 10.1 Å². The normalized spacial score (nSPS) is 10.8. The molecule has 1 aromatic heterocycles. The van der Waals surface area contributed by atoms with Gasteiger partial charge in [0.25, 0.3) is 0 Å². The molecule has 0 aliphatic heterocycles. The predicted molar refractivity (Wildman–Crippen MR) is 62.9 cm³/mol. The van der Waals surface area contributed by atoms with E-state index in [9.17, 15) is 10.1 Å². The maximum atomic E-state index is 10.6. The van der Waals surface area contributed by atoms with Crippen molar-refractivity contribution in [3.05, 3.63) is 32.3 Å². The van der Waals surface area contributed by atoms with Crippen molar-refractivity contribution in [3.63, 3.8) is 0 Å². The number of hydrogen-bond donors (Lipinski definition) is 1. The molecule has 1 aromatic carbocycles.